The van der Waals surface area contributed by atoms with E-state index in [-0.39, 0.29) is 17.5 Å². The van der Waals surface area contributed by atoms with E-state index in [1.54, 1.807) is 30.3 Å². The minimum Gasteiger partial charge on any atom is -0.350 e. The van der Waals surface area contributed by atoms with Gasteiger partial charge in [-0.15, -0.1) is 0 Å². The molecule has 1 atom stereocenters. The van der Waals surface area contributed by atoms with Gasteiger partial charge in [0.15, 0.2) is 5.16 Å². The Kier molecular flexibility index (Phi) is 7.19. The van der Waals surface area contributed by atoms with Crippen LogP contribution in [-0.4, -0.2) is 21.2 Å². The van der Waals surface area contributed by atoms with Crippen LogP contribution in [0.1, 0.15) is 31.4 Å². The topological polar surface area (TPSA) is 64.0 Å². The van der Waals surface area contributed by atoms with E-state index >= 15 is 0 Å². The molecule has 0 fully saturated rings. The van der Waals surface area contributed by atoms with Gasteiger partial charge in [-0.25, -0.2) is 9.37 Å². The van der Waals surface area contributed by atoms with Gasteiger partial charge in [0.25, 0.3) is 5.56 Å². The third-order valence-corrected chi connectivity index (χ3v) is 6.29. The average molecular weight is 462 g/mol. The lowest BCUT2D eigenvalue weighted by molar-refractivity contribution is -0.121. The molecule has 0 aliphatic carbocycles. The molecule has 168 valence electrons. The smallest absolute Gasteiger partial charge is 0.266 e. The molecule has 1 aromatic heterocycles. The second-order valence-electron chi connectivity index (χ2n) is 7.68. The third kappa shape index (κ3) is 5.49. The van der Waals surface area contributed by atoms with Crippen molar-refractivity contribution in [2.45, 2.75) is 31.0 Å². The van der Waals surface area contributed by atoms with Gasteiger partial charge in [0.1, 0.15) is 5.82 Å². The van der Waals surface area contributed by atoms with Crippen molar-refractivity contribution in [3.05, 3.63) is 101 Å². The summed E-state index contributed by atoms with van der Waals surface area (Å²) in [4.78, 5) is 30.2. The second-order valence-corrected chi connectivity index (χ2v) is 8.75. The fourth-order valence-electron chi connectivity index (χ4n) is 3.59. The summed E-state index contributed by atoms with van der Waals surface area (Å²) in [6.45, 7) is 1.96. The molecule has 1 N–H and O–H groups in total. The van der Waals surface area contributed by atoms with Crippen molar-refractivity contribution < 1.29 is 9.18 Å². The summed E-state index contributed by atoms with van der Waals surface area (Å²) in [5.74, 6) is 0.140. The van der Waals surface area contributed by atoms with E-state index in [2.05, 4.69) is 10.3 Å². The third-order valence-electron chi connectivity index (χ3n) is 5.27. The van der Waals surface area contributed by atoms with Gasteiger partial charge in [-0.1, -0.05) is 60.3 Å². The summed E-state index contributed by atoms with van der Waals surface area (Å²) in [6.07, 6.45) is 0.978. The van der Waals surface area contributed by atoms with Crippen LogP contribution in [0.5, 0.6) is 0 Å². The van der Waals surface area contributed by atoms with Gasteiger partial charge in [-0.05, 0) is 49.2 Å². The van der Waals surface area contributed by atoms with Crippen LogP contribution >= 0.6 is 11.8 Å². The monoisotopic (exact) mass is 461 g/mol. The van der Waals surface area contributed by atoms with E-state index < -0.39 is 5.82 Å². The summed E-state index contributed by atoms with van der Waals surface area (Å²) < 4.78 is 15.3. The zero-order valence-corrected chi connectivity index (χ0v) is 19.0. The Morgan fingerprint density at radius 2 is 1.82 bits per heavy atom. The lowest BCUT2D eigenvalue weighted by Gasteiger charge is -2.15. The van der Waals surface area contributed by atoms with Crippen molar-refractivity contribution in [1.29, 1.82) is 0 Å². The first-order valence-electron chi connectivity index (χ1n) is 10.8. The van der Waals surface area contributed by atoms with Crippen molar-refractivity contribution in [3.63, 3.8) is 0 Å². The molecule has 0 aliphatic rings. The number of aromatic nitrogens is 2. The van der Waals surface area contributed by atoms with E-state index in [1.165, 1.54) is 28.5 Å². The van der Waals surface area contributed by atoms with Gasteiger partial charge in [-0.2, -0.15) is 0 Å². The number of carbonyl (C=O) groups excluding carboxylic acids is 1. The Hall–Kier alpha value is -3.45. The van der Waals surface area contributed by atoms with Crippen molar-refractivity contribution in [2.75, 3.05) is 5.75 Å². The number of hydrogen-bond donors (Lipinski definition) is 1. The first-order chi connectivity index (χ1) is 16.0. The molecule has 1 unspecified atom stereocenters. The Labute approximate surface area is 195 Å². The zero-order valence-electron chi connectivity index (χ0n) is 18.2. The average Bonchev–Trinajstić information content (AvgIpc) is 2.82. The van der Waals surface area contributed by atoms with Gasteiger partial charge in [0.2, 0.25) is 5.91 Å². The molecule has 4 rings (SSSR count). The number of amides is 1. The zero-order chi connectivity index (χ0) is 23.2. The maximum absolute atomic E-state index is 13.9. The molecule has 0 saturated carbocycles. The normalized spacial score (nSPS) is 11.9. The van der Waals surface area contributed by atoms with Crippen molar-refractivity contribution in [1.82, 2.24) is 14.9 Å². The Morgan fingerprint density at radius 1 is 1.06 bits per heavy atom. The van der Waals surface area contributed by atoms with E-state index in [0.29, 0.717) is 40.3 Å². The fraction of sp³-hybridized carbons (Fsp3) is 0.192. The molecule has 1 amide bonds. The highest BCUT2D eigenvalue weighted by atomic mass is 32.2. The van der Waals surface area contributed by atoms with Crippen molar-refractivity contribution in [2.24, 2.45) is 0 Å². The molecule has 0 radical (unpaired) electrons. The largest absolute Gasteiger partial charge is 0.350 e. The Morgan fingerprint density at radius 3 is 2.61 bits per heavy atom. The lowest BCUT2D eigenvalue weighted by Crippen LogP contribution is -2.26. The molecule has 0 saturated heterocycles. The molecule has 1 heterocycles. The highest BCUT2D eigenvalue weighted by molar-refractivity contribution is 7.99. The molecule has 33 heavy (non-hydrogen) atoms. The predicted octanol–water partition coefficient (Wildman–Crippen LogP) is 5.27. The minimum absolute atomic E-state index is 0.0269. The number of hydrogen-bond acceptors (Lipinski definition) is 4. The van der Waals surface area contributed by atoms with E-state index in [1.807, 2.05) is 43.3 Å². The first kappa shape index (κ1) is 22.7. The Bertz CT molecular complexity index is 1320. The quantitative estimate of drug-likeness (QED) is 0.220. The van der Waals surface area contributed by atoms with Crippen LogP contribution in [0.25, 0.3) is 16.6 Å². The number of nitrogens with zero attached hydrogens (tertiary/aromatic N) is 2. The summed E-state index contributed by atoms with van der Waals surface area (Å²) in [5.41, 5.74) is 1.82. The second kappa shape index (κ2) is 10.4. The molecule has 3 aromatic carbocycles. The van der Waals surface area contributed by atoms with Crippen molar-refractivity contribution in [3.8, 4) is 5.69 Å². The molecule has 0 bridgehead atoms. The molecule has 5 nitrogen and oxygen atoms in total. The van der Waals surface area contributed by atoms with Crippen LogP contribution in [0.3, 0.4) is 0 Å². The first-order valence-corrected chi connectivity index (χ1v) is 11.8. The number of benzene rings is 3. The highest BCUT2D eigenvalue weighted by Crippen LogP contribution is 2.23. The number of rotatable bonds is 8. The lowest BCUT2D eigenvalue weighted by atomic mass is 10.1. The van der Waals surface area contributed by atoms with E-state index in [4.69, 9.17) is 0 Å². The number of halogens is 1. The van der Waals surface area contributed by atoms with Gasteiger partial charge >= 0.3 is 0 Å². The predicted molar refractivity (Wildman–Crippen MR) is 130 cm³/mol. The highest BCUT2D eigenvalue weighted by Gasteiger charge is 2.14. The molecule has 7 heteroatoms. The molecule has 4 aromatic rings. The minimum atomic E-state index is -0.423. The van der Waals surface area contributed by atoms with Gasteiger partial charge in [0.05, 0.1) is 22.6 Å². The van der Waals surface area contributed by atoms with Crippen LogP contribution in [0, 0.1) is 5.82 Å². The summed E-state index contributed by atoms with van der Waals surface area (Å²) in [5, 5.41) is 3.96. The number of thioether (sulfide) groups is 1. The number of carbonyl (C=O) groups is 1. The summed E-state index contributed by atoms with van der Waals surface area (Å²) in [6, 6.07) is 22.8. The number of nitrogens with one attached hydrogen (secondary N) is 1. The van der Waals surface area contributed by atoms with E-state index in [9.17, 15) is 14.0 Å². The van der Waals surface area contributed by atoms with Gasteiger partial charge < -0.3 is 5.32 Å². The maximum Gasteiger partial charge on any atom is 0.266 e. The Balaban J connectivity index is 1.46. The maximum atomic E-state index is 13.9. The van der Waals surface area contributed by atoms with Gasteiger partial charge in [0, 0.05) is 12.2 Å². The van der Waals surface area contributed by atoms with Crippen molar-refractivity contribution >= 4 is 28.6 Å². The van der Waals surface area contributed by atoms with Gasteiger partial charge in [-0.3, -0.25) is 14.2 Å². The molecule has 0 spiro atoms. The standard InChI is InChI=1S/C26H24FN3O2S/c1-18(19-9-3-2-4-10-19)28-24(31)15-8-16-33-26-29-23-14-6-5-13-22(23)25(32)30(26)21-12-7-11-20(27)17-21/h2-7,9-14,17-18H,8,15-16H2,1H3,(H,28,31). The SMILES string of the molecule is CC(NC(=O)CCCSc1nc2ccccc2c(=O)n1-c1cccc(F)c1)c1ccccc1. The van der Waals surface area contributed by atoms with Crippen LogP contribution < -0.4 is 10.9 Å². The van der Waals surface area contributed by atoms with Crippen LogP contribution in [0.15, 0.2) is 88.8 Å². The molecule has 0 aliphatic heterocycles. The molecular formula is C26H24FN3O2S. The summed E-state index contributed by atoms with van der Waals surface area (Å²) >= 11 is 1.38. The number of para-hydroxylation sites is 1. The number of fused-ring (bicyclic) bond motifs is 1. The molecular weight excluding hydrogens is 437 g/mol. The van der Waals surface area contributed by atoms with E-state index in [0.717, 1.165) is 5.56 Å². The van der Waals surface area contributed by atoms with Crippen LogP contribution in [0.4, 0.5) is 4.39 Å². The van der Waals surface area contributed by atoms with Crippen LogP contribution in [-0.2, 0) is 4.79 Å². The fourth-order valence-corrected chi connectivity index (χ4v) is 4.54. The van der Waals surface area contributed by atoms with Crippen LogP contribution in [0.2, 0.25) is 0 Å². The summed E-state index contributed by atoms with van der Waals surface area (Å²) in [7, 11) is 0.